The monoisotopic (exact) mass is 297 g/mol. The predicted octanol–water partition coefficient (Wildman–Crippen LogP) is 2.75. The number of nitrogens with two attached hydrogens (primary N) is 1. The summed E-state index contributed by atoms with van der Waals surface area (Å²) in [5.74, 6) is 0.942. The van der Waals surface area contributed by atoms with E-state index in [2.05, 4.69) is 15.0 Å². The lowest BCUT2D eigenvalue weighted by Gasteiger charge is -2.07. The van der Waals surface area contributed by atoms with Crippen molar-refractivity contribution >= 4 is 11.4 Å². The first-order chi connectivity index (χ1) is 10.6. The Morgan fingerprint density at radius 3 is 2.73 bits per heavy atom. The van der Waals surface area contributed by atoms with E-state index in [0.29, 0.717) is 17.2 Å². The van der Waals surface area contributed by atoms with Crippen LogP contribution in [0.5, 0.6) is 11.5 Å². The minimum absolute atomic E-state index is 0.0466. The van der Waals surface area contributed by atoms with Crippen molar-refractivity contribution in [3.8, 4) is 22.9 Å². The second kappa shape index (κ2) is 5.52. The zero-order valence-electron chi connectivity index (χ0n) is 11.3. The van der Waals surface area contributed by atoms with Crippen LogP contribution in [0.2, 0.25) is 0 Å². The lowest BCUT2D eigenvalue weighted by molar-refractivity contribution is -0.383. The van der Waals surface area contributed by atoms with Gasteiger partial charge in [-0.25, -0.2) is 4.98 Å². The standard InChI is InChI=1S/C14H11N5O3/c15-11-5-9(1-2-14(11)19(20)21)22-10-3-4-17-12(6-10)13-7-16-8-18-13/h1-8H,15H2,(H,16,18). The molecule has 8 heteroatoms. The van der Waals surface area contributed by atoms with Gasteiger partial charge in [-0.15, -0.1) is 0 Å². The number of hydrogen-bond donors (Lipinski definition) is 2. The van der Waals surface area contributed by atoms with Crippen LogP contribution < -0.4 is 10.5 Å². The van der Waals surface area contributed by atoms with Gasteiger partial charge in [-0.2, -0.15) is 0 Å². The van der Waals surface area contributed by atoms with Crippen LogP contribution in [0.25, 0.3) is 11.4 Å². The average Bonchev–Trinajstić information content (AvgIpc) is 3.01. The Labute approximate surface area is 124 Å². The number of nitro groups is 1. The highest BCUT2D eigenvalue weighted by atomic mass is 16.6. The lowest BCUT2D eigenvalue weighted by Crippen LogP contribution is -1.96. The van der Waals surface area contributed by atoms with Crippen molar-refractivity contribution in [2.45, 2.75) is 0 Å². The van der Waals surface area contributed by atoms with Gasteiger partial charge in [0.2, 0.25) is 0 Å². The van der Waals surface area contributed by atoms with Gasteiger partial charge in [0.15, 0.2) is 0 Å². The number of rotatable bonds is 4. The van der Waals surface area contributed by atoms with Gasteiger partial charge in [-0.1, -0.05) is 0 Å². The Morgan fingerprint density at radius 2 is 2.05 bits per heavy atom. The molecule has 22 heavy (non-hydrogen) atoms. The van der Waals surface area contributed by atoms with E-state index in [1.165, 1.54) is 18.2 Å². The summed E-state index contributed by atoms with van der Waals surface area (Å²) in [6.07, 6.45) is 4.80. The number of imidazole rings is 1. The summed E-state index contributed by atoms with van der Waals surface area (Å²) in [6.45, 7) is 0. The van der Waals surface area contributed by atoms with Crippen molar-refractivity contribution < 1.29 is 9.66 Å². The molecular weight excluding hydrogens is 286 g/mol. The molecule has 3 N–H and O–H groups in total. The number of hydrogen-bond acceptors (Lipinski definition) is 6. The number of nitrogens with one attached hydrogen (secondary N) is 1. The van der Waals surface area contributed by atoms with Gasteiger partial charge < -0.3 is 15.5 Å². The average molecular weight is 297 g/mol. The highest BCUT2D eigenvalue weighted by Gasteiger charge is 2.12. The van der Waals surface area contributed by atoms with Crippen molar-refractivity contribution in [1.29, 1.82) is 0 Å². The molecule has 0 aliphatic carbocycles. The second-order valence-electron chi connectivity index (χ2n) is 4.42. The van der Waals surface area contributed by atoms with Crippen LogP contribution in [-0.2, 0) is 0 Å². The Hall–Kier alpha value is -3.42. The SMILES string of the molecule is Nc1cc(Oc2ccnc(-c3cnc[nH]3)c2)ccc1[N+](=O)[O-]. The minimum Gasteiger partial charge on any atom is -0.457 e. The molecule has 110 valence electrons. The number of aromatic nitrogens is 3. The highest BCUT2D eigenvalue weighted by Crippen LogP contribution is 2.30. The van der Waals surface area contributed by atoms with Crippen LogP contribution in [0.1, 0.15) is 0 Å². The van der Waals surface area contributed by atoms with Gasteiger partial charge in [0.05, 0.1) is 28.8 Å². The van der Waals surface area contributed by atoms with Crippen LogP contribution in [0, 0.1) is 10.1 Å². The third-order valence-electron chi connectivity index (χ3n) is 2.94. The fourth-order valence-corrected chi connectivity index (χ4v) is 1.92. The molecule has 0 saturated carbocycles. The normalized spacial score (nSPS) is 10.4. The molecule has 0 unspecified atom stereocenters. The van der Waals surface area contributed by atoms with Crippen molar-refractivity contribution in [1.82, 2.24) is 15.0 Å². The number of aromatic amines is 1. The summed E-state index contributed by atoms with van der Waals surface area (Å²) in [4.78, 5) is 21.3. The number of ether oxygens (including phenoxy) is 1. The van der Waals surface area contributed by atoms with Crippen LogP contribution in [0.15, 0.2) is 49.1 Å². The van der Waals surface area contributed by atoms with Gasteiger partial charge in [-0.3, -0.25) is 15.1 Å². The van der Waals surface area contributed by atoms with E-state index < -0.39 is 4.92 Å². The second-order valence-corrected chi connectivity index (χ2v) is 4.42. The molecule has 0 amide bonds. The fraction of sp³-hybridized carbons (Fsp3) is 0. The van der Waals surface area contributed by atoms with Crippen molar-refractivity contribution in [2.24, 2.45) is 0 Å². The van der Waals surface area contributed by atoms with Crippen molar-refractivity contribution in [2.75, 3.05) is 5.73 Å². The van der Waals surface area contributed by atoms with Crippen molar-refractivity contribution in [3.05, 3.63) is 59.2 Å². The zero-order chi connectivity index (χ0) is 15.5. The van der Waals surface area contributed by atoms with Crippen LogP contribution in [0.3, 0.4) is 0 Å². The van der Waals surface area contributed by atoms with Crippen molar-refractivity contribution in [3.63, 3.8) is 0 Å². The van der Waals surface area contributed by atoms with Gasteiger partial charge in [-0.05, 0) is 12.1 Å². The largest absolute Gasteiger partial charge is 0.457 e. The molecule has 0 fully saturated rings. The molecule has 1 aromatic carbocycles. The number of benzene rings is 1. The maximum Gasteiger partial charge on any atom is 0.292 e. The summed E-state index contributed by atoms with van der Waals surface area (Å²) >= 11 is 0. The first kappa shape index (κ1) is 13.6. The van der Waals surface area contributed by atoms with Gasteiger partial charge in [0.25, 0.3) is 5.69 Å². The smallest absolute Gasteiger partial charge is 0.292 e. The molecule has 2 heterocycles. The Balaban J connectivity index is 1.86. The number of nitro benzene ring substituents is 1. The van der Waals surface area contributed by atoms with Crippen LogP contribution in [0.4, 0.5) is 11.4 Å². The highest BCUT2D eigenvalue weighted by molar-refractivity contribution is 5.61. The van der Waals surface area contributed by atoms with Crippen LogP contribution in [-0.4, -0.2) is 19.9 Å². The van der Waals surface area contributed by atoms with E-state index in [4.69, 9.17) is 10.5 Å². The fourth-order valence-electron chi connectivity index (χ4n) is 1.92. The third kappa shape index (κ3) is 2.70. The number of anilines is 1. The maximum absolute atomic E-state index is 10.7. The predicted molar refractivity (Wildman–Crippen MR) is 79.4 cm³/mol. The Bertz CT molecular complexity index is 817. The third-order valence-corrected chi connectivity index (χ3v) is 2.94. The number of nitrogens with zero attached hydrogens (tertiary/aromatic N) is 3. The van der Waals surface area contributed by atoms with E-state index in [-0.39, 0.29) is 11.4 Å². The quantitative estimate of drug-likeness (QED) is 0.434. The molecule has 0 saturated heterocycles. The summed E-state index contributed by atoms with van der Waals surface area (Å²) in [7, 11) is 0. The first-order valence-electron chi connectivity index (χ1n) is 6.30. The molecule has 2 aromatic heterocycles. The molecule has 8 nitrogen and oxygen atoms in total. The summed E-state index contributed by atoms with van der Waals surface area (Å²) in [5.41, 5.74) is 6.96. The van der Waals surface area contributed by atoms with E-state index in [1.54, 1.807) is 30.9 Å². The number of nitrogen functional groups attached to an aromatic ring is 1. The molecule has 0 spiro atoms. The maximum atomic E-state index is 10.7. The molecular formula is C14H11N5O3. The molecule has 0 aliphatic rings. The summed E-state index contributed by atoms with van der Waals surface area (Å²) < 4.78 is 5.66. The Morgan fingerprint density at radius 1 is 1.23 bits per heavy atom. The first-order valence-corrected chi connectivity index (χ1v) is 6.30. The lowest BCUT2D eigenvalue weighted by atomic mass is 10.2. The molecule has 3 aromatic rings. The number of H-pyrrole nitrogens is 1. The Kier molecular flexibility index (Phi) is 3.40. The van der Waals surface area contributed by atoms with E-state index in [0.717, 1.165) is 5.69 Å². The molecule has 3 rings (SSSR count). The minimum atomic E-state index is -0.540. The molecule has 0 bridgehead atoms. The number of pyridine rings is 1. The van der Waals surface area contributed by atoms with Gasteiger partial charge in [0, 0.05) is 24.4 Å². The van der Waals surface area contributed by atoms with E-state index >= 15 is 0 Å². The summed E-state index contributed by atoms with van der Waals surface area (Å²) in [6, 6.07) is 7.61. The molecule has 0 atom stereocenters. The van der Waals surface area contributed by atoms with E-state index in [1.807, 2.05) is 0 Å². The molecule has 0 aliphatic heterocycles. The van der Waals surface area contributed by atoms with Gasteiger partial charge in [0.1, 0.15) is 17.2 Å². The molecule has 0 radical (unpaired) electrons. The zero-order valence-corrected chi connectivity index (χ0v) is 11.3. The van der Waals surface area contributed by atoms with Gasteiger partial charge >= 0.3 is 0 Å². The summed E-state index contributed by atoms with van der Waals surface area (Å²) in [5, 5.41) is 10.7. The topological polar surface area (TPSA) is 120 Å². The van der Waals surface area contributed by atoms with E-state index in [9.17, 15) is 10.1 Å². The van der Waals surface area contributed by atoms with Crippen LogP contribution >= 0.6 is 0 Å².